The lowest BCUT2D eigenvalue weighted by Crippen LogP contribution is -2.51. The number of benzene rings is 1. The molecule has 8 nitrogen and oxygen atoms in total. The van der Waals surface area contributed by atoms with Crippen LogP contribution in [0.2, 0.25) is 0 Å². The number of nitrogens with one attached hydrogen (secondary N) is 3. The molecule has 1 aromatic carbocycles. The average molecular weight is 413 g/mol. The highest BCUT2D eigenvalue weighted by atomic mass is 16.5. The number of hydrogen-bond acceptors (Lipinski definition) is 5. The van der Waals surface area contributed by atoms with Crippen molar-refractivity contribution in [2.45, 2.75) is 38.5 Å². The number of amides is 4. The predicted octanol–water partition coefficient (Wildman–Crippen LogP) is 2.45. The van der Waals surface area contributed by atoms with E-state index in [1.807, 2.05) is 5.32 Å². The Kier molecular flexibility index (Phi) is 5.49. The summed E-state index contributed by atoms with van der Waals surface area (Å²) in [5.74, 6) is 0.783. The second kappa shape index (κ2) is 8.08. The van der Waals surface area contributed by atoms with Gasteiger partial charge in [-0.2, -0.15) is 0 Å². The average Bonchev–Trinajstić information content (AvgIpc) is 2.71. The molecule has 4 saturated carbocycles. The highest BCUT2D eigenvalue weighted by molar-refractivity contribution is 5.98. The third-order valence-electron chi connectivity index (χ3n) is 6.71. The van der Waals surface area contributed by atoms with E-state index in [-0.39, 0.29) is 16.9 Å². The lowest BCUT2D eigenvalue weighted by Gasteiger charge is -2.55. The molecule has 0 saturated heterocycles. The minimum absolute atomic E-state index is 0.0998. The van der Waals surface area contributed by atoms with E-state index in [2.05, 4.69) is 10.6 Å². The molecule has 0 unspecified atom stereocenters. The Hall–Kier alpha value is -2.90. The maximum Gasteiger partial charge on any atom is 0.338 e. The van der Waals surface area contributed by atoms with Gasteiger partial charge in [-0.05, 0) is 80.5 Å². The Morgan fingerprint density at radius 3 is 2.07 bits per heavy atom. The molecule has 0 aromatic heterocycles. The zero-order valence-corrected chi connectivity index (χ0v) is 17.0. The fourth-order valence-electron chi connectivity index (χ4n) is 5.78. The molecule has 3 N–H and O–H groups in total. The minimum atomic E-state index is -0.720. The molecule has 1 aromatic rings. The number of rotatable bonds is 5. The number of esters is 1. The standard InChI is InChI=1S/C22H27N3O5/c1-23-21(29)25-18(26)12-30-19(27)16-2-4-17(5-3-16)24-20(28)22-9-13-6-14(10-22)8-15(7-13)11-22/h2-5,13-15H,6-12H2,1H3,(H,24,28)(H2,23,25,26,29). The summed E-state index contributed by atoms with van der Waals surface area (Å²) in [6.45, 7) is -0.559. The van der Waals surface area contributed by atoms with Crippen molar-refractivity contribution in [1.82, 2.24) is 10.6 Å². The number of anilines is 1. The molecule has 4 aliphatic carbocycles. The van der Waals surface area contributed by atoms with Crippen molar-refractivity contribution in [3.8, 4) is 0 Å². The molecule has 160 valence electrons. The van der Waals surface area contributed by atoms with Gasteiger partial charge in [0, 0.05) is 12.7 Å². The number of imide groups is 1. The molecule has 8 heteroatoms. The van der Waals surface area contributed by atoms with Crippen LogP contribution in [0.4, 0.5) is 10.5 Å². The number of urea groups is 1. The summed E-state index contributed by atoms with van der Waals surface area (Å²) in [5, 5.41) is 7.28. The highest BCUT2D eigenvalue weighted by Gasteiger charge is 2.54. The van der Waals surface area contributed by atoms with Gasteiger partial charge in [-0.25, -0.2) is 9.59 Å². The summed E-state index contributed by atoms with van der Waals surface area (Å²) in [4.78, 5) is 47.7. The van der Waals surface area contributed by atoms with Crippen LogP contribution in [0, 0.1) is 23.2 Å². The molecule has 4 aliphatic rings. The van der Waals surface area contributed by atoms with E-state index in [1.165, 1.54) is 26.3 Å². The van der Waals surface area contributed by atoms with Crippen LogP contribution in [0.3, 0.4) is 0 Å². The topological polar surface area (TPSA) is 114 Å². The molecule has 4 bridgehead atoms. The minimum Gasteiger partial charge on any atom is -0.452 e. The Morgan fingerprint density at radius 2 is 1.53 bits per heavy atom. The van der Waals surface area contributed by atoms with E-state index in [9.17, 15) is 19.2 Å². The molecule has 0 radical (unpaired) electrons. The predicted molar refractivity (Wildman–Crippen MR) is 109 cm³/mol. The van der Waals surface area contributed by atoms with Crippen molar-refractivity contribution < 1.29 is 23.9 Å². The number of hydrogen-bond donors (Lipinski definition) is 3. The Labute approximate surface area is 175 Å². The first kappa shape index (κ1) is 20.4. The zero-order chi connectivity index (χ0) is 21.3. The van der Waals surface area contributed by atoms with Gasteiger partial charge in [-0.3, -0.25) is 14.9 Å². The third-order valence-corrected chi connectivity index (χ3v) is 6.71. The highest BCUT2D eigenvalue weighted by Crippen LogP contribution is 2.60. The van der Waals surface area contributed by atoms with Gasteiger partial charge in [0.1, 0.15) is 0 Å². The molecule has 4 amide bonds. The first-order chi connectivity index (χ1) is 14.4. The van der Waals surface area contributed by atoms with Crippen LogP contribution in [0.5, 0.6) is 0 Å². The molecule has 0 spiro atoms. The van der Waals surface area contributed by atoms with E-state index in [1.54, 1.807) is 24.3 Å². The molecule has 0 aliphatic heterocycles. The van der Waals surface area contributed by atoms with E-state index in [0.717, 1.165) is 19.3 Å². The van der Waals surface area contributed by atoms with Crippen LogP contribution in [0.15, 0.2) is 24.3 Å². The molecule has 0 heterocycles. The van der Waals surface area contributed by atoms with Gasteiger partial charge >= 0.3 is 12.0 Å². The second-order valence-electron chi connectivity index (χ2n) is 8.93. The van der Waals surface area contributed by atoms with Gasteiger partial charge in [0.15, 0.2) is 6.61 Å². The Bertz CT molecular complexity index is 829. The smallest absolute Gasteiger partial charge is 0.338 e. The Morgan fingerprint density at radius 1 is 0.967 bits per heavy atom. The van der Waals surface area contributed by atoms with Crippen LogP contribution in [0.25, 0.3) is 0 Å². The van der Waals surface area contributed by atoms with Crippen molar-refractivity contribution in [3.63, 3.8) is 0 Å². The van der Waals surface area contributed by atoms with Crippen molar-refractivity contribution in [1.29, 1.82) is 0 Å². The van der Waals surface area contributed by atoms with Crippen LogP contribution < -0.4 is 16.0 Å². The first-order valence-corrected chi connectivity index (χ1v) is 10.5. The molecule has 0 atom stereocenters. The van der Waals surface area contributed by atoms with Gasteiger partial charge in [0.05, 0.1) is 11.0 Å². The van der Waals surface area contributed by atoms with Crippen molar-refractivity contribution >= 4 is 29.5 Å². The normalized spacial score (nSPS) is 28.5. The van der Waals surface area contributed by atoms with Crippen LogP contribution >= 0.6 is 0 Å². The lowest BCUT2D eigenvalue weighted by atomic mass is 9.49. The van der Waals surface area contributed by atoms with Crippen LogP contribution in [-0.2, 0) is 14.3 Å². The van der Waals surface area contributed by atoms with E-state index in [4.69, 9.17) is 4.74 Å². The molecule has 30 heavy (non-hydrogen) atoms. The largest absolute Gasteiger partial charge is 0.452 e. The van der Waals surface area contributed by atoms with Crippen molar-refractivity contribution in [2.24, 2.45) is 23.2 Å². The van der Waals surface area contributed by atoms with Crippen LogP contribution in [-0.4, -0.2) is 37.5 Å². The number of carbonyl (C=O) groups excluding carboxylic acids is 4. The fourth-order valence-corrected chi connectivity index (χ4v) is 5.78. The molecular weight excluding hydrogens is 386 g/mol. The van der Waals surface area contributed by atoms with Gasteiger partial charge in [-0.15, -0.1) is 0 Å². The van der Waals surface area contributed by atoms with Gasteiger partial charge < -0.3 is 15.4 Å². The maximum atomic E-state index is 13.1. The summed E-state index contributed by atoms with van der Waals surface area (Å²) in [6, 6.07) is 5.76. The summed E-state index contributed by atoms with van der Waals surface area (Å²) >= 11 is 0. The molecule has 4 fully saturated rings. The number of carbonyl (C=O) groups is 4. The molecular formula is C22H27N3O5. The van der Waals surface area contributed by atoms with E-state index in [0.29, 0.717) is 23.4 Å². The maximum absolute atomic E-state index is 13.1. The summed E-state index contributed by atoms with van der Waals surface area (Å²) < 4.78 is 4.90. The van der Waals surface area contributed by atoms with E-state index >= 15 is 0 Å². The fraction of sp³-hybridized carbons (Fsp3) is 0.545. The first-order valence-electron chi connectivity index (χ1n) is 10.5. The van der Waals surface area contributed by atoms with Crippen LogP contribution in [0.1, 0.15) is 48.9 Å². The van der Waals surface area contributed by atoms with Gasteiger partial charge in [-0.1, -0.05) is 0 Å². The lowest BCUT2D eigenvalue weighted by molar-refractivity contribution is -0.140. The second-order valence-corrected chi connectivity index (χ2v) is 8.93. The van der Waals surface area contributed by atoms with Crippen molar-refractivity contribution in [2.75, 3.05) is 19.0 Å². The summed E-state index contributed by atoms with van der Waals surface area (Å²) in [6.07, 6.45) is 6.83. The quantitative estimate of drug-likeness (QED) is 0.642. The summed E-state index contributed by atoms with van der Waals surface area (Å²) in [5.41, 5.74) is 0.671. The Balaban J connectivity index is 1.31. The van der Waals surface area contributed by atoms with E-state index < -0.39 is 24.5 Å². The van der Waals surface area contributed by atoms with Gasteiger partial charge in [0.2, 0.25) is 5.91 Å². The number of ether oxygens (including phenoxy) is 1. The summed E-state index contributed by atoms with van der Waals surface area (Å²) in [7, 11) is 1.37. The van der Waals surface area contributed by atoms with Crippen molar-refractivity contribution in [3.05, 3.63) is 29.8 Å². The zero-order valence-electron chi connectivity index (χ0n) is 17.0. The van der Waals surface area contributed by atoms with Gasteiger partial charge in [0.25, 0.3) is 5.91 Å². The SMILES string of the molecule is CNC(=O)NC(=O)COC(=O)c1ccc(NC(=O)C23CC4CC(CC(C4)C2)C3)cc1. The third kappa shape index (κ3) is 4.17. The monoisotopic (exact) mass is 413 g/mol. The molecule has 5 rings (SSSR count).